The number of aromatic nitrogens is 2. The molecule has 5 nitrogen and oxygen atoms in total. The highest BCUT2D eigenvalue weighted by molar-refractivity contribution is 8.02. The highest BCUT2D eigenvalue weighted by atomic mass is 35.5. The van der Waals surface area contributed by atoms with Crippen LogP contribution >= 0.6 is 46.3 Å². The van der Waals surface area contributed by atoms with Crippen LogP contribution in [0.1, 0.15) is 20.3 Å². The standard InChI is InChI=1S/C14H16Cl2N4OS2/c1-3-6-17-13-19-20-14(23-13)22-8(2)12(21)18-11-5-4-9(15)7-10(11)16/h4-5,7-8H,3,6H2,1-2H3,(H,17,19)(H,18,21). The van der Waals surface area contributed by atoms with Crippen LogP contribution in [0.5, 0.6) is 0 Å². The monoisotopic (exact) mass is 390 g/mol. The van der Waals surface area contributed by atoms with Crippen molar-refractivity contribution in [3.63, 3.8) is 0 Å². The molecular weight excluding hydrogens is 375 g/mol. The van der Waals surface area contributed by atoms with Crippen molar-refractivity contribution >= 4 is 63.0 Å². The molecule has 0 bridgehead atoms. The van der Waals surface area contributed by atoms with E-state index in [1.54, 1.807) is 18.2 Å². The molecule has 1 amide bonds. The summed E-state index contributed by atoms with van der Waals surface area (Å²) in [7, 11) is 0. The topological polar surface area (TPSA) is 66.9 Å². The summed E-state index contributed by atoms with van der Waals surface area (Å²) in [5.41, 5.74) is 0.538. The molecule has 1 heterocycles. The van der Waals surface area contributed by atoms with Gasteiger partial charge in [0.2, 0.25) is 11.0 Å². The van der Waals surface area contributed by atoms with Crippen molar-refractivity contribution in [1.82, 2.24) is 10.2 Å². The Hall–Kier alpha value is -1.02. The Kier molecular flexibility index (Phi) is 6.95. The van der Waals surface area contributed by atoms with Crippen LogP contribution in [0.25, 0.3) is 0 Å². The lowest BCUT2D eigenvalue weighted by molar-refractivity contribution is -0.115. The van der Waals surface area contributed by atoms with Crippen LogP contribution in [0.4, 0.5) is 10.8 Å². The number of nitrogens with zero attached hydrogens (tertiary/aromatic N) is 2. The maximum absolute atomic E-state index is 12.3. The molecule has 0 aliphatic heterocycles. The largest absolute Gasteiger partial charge is 0.360 e. The lowest BCUT2D eigenvalue weighted by Gasteiger charge is -2.11. The van der Waals surface area contributed by atoms with Gasteiger partial charge in [-0.2, -0.15) is 0 Å². The molecule has 0 saturated carbocycles. The van der Waals surface area contributed by atoms with Gasteiger partial charge >= 0.3 is 0 Å². The third kappa shape index (κ3) is 5.53. The second kappa shape index (κ2) is 8.73. The van der Waals surface area contributed by atoms with Gasteiger partial charge in [0.15, 0.2) is 4.34 Å². The average molecular weight is 391 g/mol. The molecule has 1 aromatic heterocycles. The molecule has 0 saturated heterocycles. The van der Waals surface area contributed by atoms with Gasteiger partial charge in [-0.25, -0.2) is 0 Å². The zero-order valence-electron chi connectivity index (χ0n) is 12.6. The van der Waals surface area contributed by atoms with E-state index in [0.717, 1.165) is 22.4 Å². The Bertz CT molecular complexity index is 681. The second-order valence-electron chi connectivity index (χ2n) is 4.67. The van der Waals surface area contributed by atoms with Gasteiger partial charge < -0.3 is 10.6 Å². The summed E-state index contributed by atoms with van der Waals surface area (Å²) in [6.07, 6.45) is 1.02. The Morgan fingerprint density at radius 3 is 2.87 bits per heavy atom. The van der Waals surface area contributed by atoms with Gasteiger partial charge in [-0.1, -0.05) is 53.2 Å². The van der Waals surface area contributed by atoms with Crippen LogP contribution < -0.4 is 10.6 Å². The van der Waals surface area contributed by atoms with Gasteiger partial charge in [-0.15, -0.1) is 10.2 Å². The van der Waals surface area contributed by atoms with Gasteiger partial charge in [-0.05, 0) is 31.5 Å². The first kappa shape index (κ1) is 18.3. The van der Waals surface area contributed by atoms with Gasteiger partial charge in [0.25, 0.3) is 0 Å². The van der Waals surface area contributed by atoms with Crippen molar-refractivity contribution in [2.75, 3.05) is 17.2 Å². The maximum atomic E-state index is 12.3. The minimum Gasteiger partial charge on any atom is -0.360 e. The summed E-state index contributed by atoms with van der Waals surface area (Å²) in [5.74, 6) is -0.155. The van der Waals surface area contributed by atoms with Gasteiger partial charge in [0.05, 0.1) is 16.0 Å². The Balaban J connectivity index is 1.93. The molecule has 2 N–H and O–H groups in total. The predicted molar refractivity (Wildman–Crippen MR) is 99.1 cm³/mol. The fourth-order valence-electron chi connectivity index (χ4n) is 1.59. The molecule has 124 valence electrons. The van der Waals surface area contributed by atoms with E-state index >= 15 is 0 Å². The molecule has 0 fully saturated rings. The van der Waals surface area contributed by atoms with Crippen molar-refractivity contribution in [2.24, 2.45) is 0 Å². The van der Waals surface area contributed by atoms with E-state index in [2.05, 4.69) is 27.8 Å². The minimum atomic E-state index is -0.325. The highest BCUT2D eigenvalue weighted by Crippen LogP contribution is 2.30. The number of carbonyl (C=O) groups is 1. The Morgan fingerprint density at radius 1 is 1.39 bits per heavy atom. The fourth-order valence-corrected chi connectivity index (χ4v) is 3.97. The van der Waals surface area contributed by atoms with E-state index in [1.807, 2.05) is 6.92 Å². The molecule has 0 aliphatic carbocycles. The third-order valence-corrected chi connectivity index (χ3v) is 5.38. The summed E-state index contributed by atoms with van der Waals surface area (Å²) in [4.78, 5) is 12.3. The van der Waals surface area contributed by atoms with Crippen molar-refractivity contribution in [3.05, 3.63) is 28.2 Å². The van der Waals surface area contributed by atoms with Crippen LogP contribution in [0.15, 0.2) is 22.5 Å². The summed E-state index contributed by atoms with van der Waals surface area (Å²) >= 11 is 14.7. The molecule has 0 aliphatic rings. The van der Waals surface area contributed by atoms with Crippen LogP contribution in [-0.4, -0.2) is 27.9 Å². The van der Waals surface area contributed by atoms with Crippen molar-refractivity contribution in [2.45, 2.75) is 29.9 Å². The highest BCUT2D eigenvalue weighted by Gasteiger charge is 2.18. The molecule has 2 aromatic rings. The zero-order valence-corrected chi connectivity index (χ0v) is 15.7. The van der Waals surface area contributed by atoms with E-state index in [1.165, 1.54) is 23.1 Å². The van der Waals surface area contributed by atoms with Crippen LogP contribution in [0.3, 0.4) is 0 Å². The number of amides is 1. The molecule has 1 atom stereocenters. The van der Waals surface area contributed by atoms with Gasteiger partial charge in [-0.3, -0.25) is 4.79 Å². The number of anilines is 2. The predicted octanol–water partition coefficient (Wildman–Crippen LogP) is 4.79. The average Bonchev–Trinajstić information content (AvgIpc) is 2.95. The number of benzene rings is 1. The lowest BCUT2D eigenvalue weighted by Crippen LogP contribution is -2.22. The quantitative estimate of drug-likeness (QED) is 0.665. The molecule has 23 heavy (non-hydrogen) atoms. The molecule has 0 spiro atoms. The molecule has 2 rings (SSSR count). The second-order valence-corrected chi connectivity index (χ2v) is 8.08. The number of nitrogens with one attached hydrogen (secondary N) is 2. The first-order valence-electron chi connectivity index (χ1n) is 6.99. The minimum absolute atomic E-state index is 0.155. The Morgan fingerprint density at radius 2 is 2.17 bits per heavy atom. The van der Waals surface area contributed by atoms with Crippen LogP contribution in [0, 0.1) is 0 Å². The van der Waals surface area contributed by atoms with Crippen molar-refractivity contribution in [1.29, 1.82) is 0 Å². The van der Waals surface area contributed by atoms with E-state index in [0.29, 0.717) is 15.7 Å². The number of rotatable bonds is 7. The lowest BCUT2D eigenvalue weighted by atomic mass is 10.3. The molecular formula is C14H16Cl2N4OS2. The third-order valence-electron chi connectivity index (χ3n) is 2.77. The fraction of sp³-hybridized carbons (Fsp3) is 0.357. The maximum Gasteiger partial charge on any atom is 0.237 e. The SMILES string of the molecule is CCCNc1nnc(SC(C)C(=O)Nc2ccc(Cl)cc2Cl)s1. The zero-order chi connectivity index (χ0) is 16.8. The first-order chi connectivity index (χ1) is 11.0. The first-order valence-corrected chi connectivity index (χ1v) is 9.44. The summed E-state index contributed by atoms with van der Waals surface area (Å²) in [6.45, 7) is 4.74. The number of hydrogen-bond donors (Lipinski definition) is 2. The van der Waals surface area contributed by atoms with E-state index in [-0.39, 0.29) is 11.2 Å². The number of carbonyl (C=O) groups excluding carboxylic acids is 1. The van der Waals surface area contributed by atoms with E-state index < -0.39 is 0 Å². The summed E-state index contributed by atoms with van der Waals surface area (Å²) in [5, 5.41) is 15.4. The summed E-state index contributed by atoms with van der Waals surface area (Å²) < 4.78 is 0.744. The van der Waals surface area contributed by atoms with Crippen molar-refractivity contribution < 1.29 is 4.79 Å². The molecule has 9 heteroatoms. The molecule has 1 aromatic carbocycles. The van der Waals surface area contributed by atoms with Gasteiger partial charge in [0, 0.05) is 11.6 Å². The molecule has 0 radical (unpaired) electrons. The van der Waals surface area contributed by atoms with Crippen molar-refractivity contribution in [3.8, 4) is 0 Å². The Labute approximate surface area is 153 Å². The normalized spacial score (nSPS) is 12.0. The van der Waals surface area contributed by atoms with Crippen LogP contribution in [-0.2, 0) is 4.79 Å². The molecule has 1 unspecified atom stereocenters. The number of hydrogen-bond acceptors (Lipinski definition) is 6. The van der Waals surface area contributed by atoms with E-state index in [9.17, 15) is 4.79 Å². The number of thioether (sulfide) groups is 1. The van der Waals surface area contributed by atoms with Crippen LogP contribution in [0.2, 0.25) is 10.0 Å². The number of halogens is 2. The smallest absolute Gasteiger partial charge is 0.237 e. The summed E-state index contributed by atoms with van der Waals surface area (Å²) in [6, 6.07) is 4.95. The van der Waals surface area contributed by atoms with E-state index in [4.69, 9.17) is 23.2 Å². The van der Waals surface area contributed by atoms with Gasteiger partial charge in [0.1, 0.15) is 0 Å².